The summed E-state index contributed by atoms with van der Waals surface area (Å²) in [5, 5.41) is 2.74. The van der Waals surface area contributed by atoms with Crippen LogP contribution < -0.4 is 5.32 Å². The Labute approximate surface area is 132 Å². The van der Waals surface area contributed by atoms with E-state index in [9.17, 15) is 4.79 Å². The fourth-order valence-electron chi connectivity index (χ4n) is 1.79. The van der Waals surface area contributed by atoms with Crippen molar-refractivity contribution >= 4 is 11.9 Å². The number of rotatable bonds is 8. The quantitative estimate of drug-likeness (QED) is 0.456. The van der Waals surface area contributed by atoms with Crippen LogP contribution in [0.1, 0.15) is 42.6 Å². The van der Waals surface area contributed by atoms with Gasteiger partial charge in [-0.15, -0.1) is 0 Å². The van der Waals surface area contributed by atoms with Crippen molar-refractivity contribution < 1.29 is 14.3 Å². The number of benzene rings is 1. The van der Waals surface area contributed by atoms with E-state index < -0.39 is 0 Å². The smallest absolute Gasteiger partial charge is 0.291 e. The van der Waals surface area contributed by atoms with Gasteiger partial charge < -0.3 is 9.47 Å². The summed E-state index contributed by atoms with van der Waals surface area (Å²) >= 11 is 0. The molecule has 0 aromatic heterocycles. The maximum Gasteiger partial charge on any atom is 0.291 e. The van der Waals surface area contributed by atoms with Crippen molar-refractivity contribution in [1.29, 1.82) is 0 Å². The van der Waals surface area contributed by atoms with Crippen molar-refractivity contribution in [2.45, 2.75) is 33.6 Å². The molecule has 1 aromatic rings. The third kappa shape index (κ3) is 6.72. The standard InChI is InChI=1S/C17H26N2O3/c1-4-6-11-18-17(22-13-12-21-5-2)19-16(20)15-10-8-7-9-14(15)3/h7-10H,4-6,11-13H2,1-3H3,(H,18,19,20). The molecule has 0 aliphatic heterocycles. The molecule has 0 heterocycles. The number of nitrogens with zero attached hydrogens (tertiary/aromatic N) is 1. The molecule has 0 saturated heterocycles. The molecular weight excluding hydrogens is 280 g/mol. The van der Waals surface area contributed by atoms with Crippen molar-refractivity contribution in [3.8, 4) is 0 Å². The van der Waals surface area contributed by atoms with E-state index in [1.807, 2.05) is 32.0 Å². The molecule has 0 radical (unpaired) electrons. The lowest BCUT2D eigenvalue weighted by Gasteiger charge is -2.12. The van der Waals surface area contributed by atoms with Gasteiger partial charge >= 0.3 is 0 Å². The monoisotopic (exact) mass is 306 g/mol. The Hall–Kier alpha value is -1.88. The molecule has 0 unspecified atom stereocenters. The first-order chi connectivity index (χ1) is 10.7. The van der Waals surface area contributed by atoms with E-state index in [-0.39, 0.29) is 11.9 Å². The Kier molecular flexibility index (Phi) is 8.91. The predicted octanol–water partition coefficient (Wildman–Crippen LogP) is 2.93. The number of hydrogen-bond acceptors (Lipinski definition) is 4. The number of hydrogen-bond donors (Lipinski definition) is 1. The second kappa shape index (κ2) is 10.8. The van der Waals surface area contributed by atoms with Crippen molar-refractivity contribution in [3.05, 3.63) is 35.4 Å². The van der Waals surface area contributed by atoms with Gasteiger partial charge in [0.15, 0.2) is 0 Å². The van der Waals surface area contributed by atoms with Crippen LogP contribution in [0.5, 0.6) is 0 Å². The Balaban J connectivity index is 2.64. The lowest BCUT2D eigenvalue weighted by Crippen LogP contribution is -2.34. The SMILES string of the molecule is CCCCN=C(NC(=O)c1ccccc1C)OCCOCC. The summed E-state index contributed by atoms with van der Waals surface area (Å²) in [4.78, 5) is 16.6. The number of unbranched alkanes of at least 4 members (excludes halogenated alkanes) is 1. The molecule has 1 amide bonds. The van der Waals surface area contributed by atoms with Crippen molar-refractivity contribution in [2.75, 3.05) is 26.4 Å². The van der Waals surface area contributed by atoms with Gasteiger partial charge in [0.2, 0.25) is 0 Å². The summed E-state index contributed by atoms with van der Waals surface area (Å²) in [5.41, 5.74) is 1.54. The maximum absolute atomic E-state index is 12.3. The number of ether oxygens (including phenoxy) is 2. The van der Waals surface area contributed by atoms with Crippen molar-refractivity contribution in [3.63, 3.8) is 0 Å². The molecule has 5 nitrogen and oxygen atoms in total. The van der Waals surface area contributed by atoms with Crippen LogP contribution in [0.3, 0.4) is 0 Å². The molecule has 0 aliphatic rings. The van der Waals surface area contributed by atoms with E-state index in [4.69, 9.17) is 9.47 Å². The van der Waals surface area contributed by atoms with Crippen molar-refractivity contribution in [1.82, 2.24) is 5.32 Å². The van der Waals surface area contributed by atoms with Crippen LogP contribution in [-0.2, 0) is 9.47 Å². The molecule has 0 spiro atoms. The highest BCUT2D eigenvalue weighted by Gasteiger charge is 2.11. The van der Waals surface area contributed by atoms with Crippen LogP contribution in [0.4, 0.5) is 0 Å². The molecular formula is C17H26N2O3. The summed E-state index contributed by atoms with van der Waals surface area (Å²) in [6, 6.07) is 7.70. The van der Waals surface area contributed by atoms with E-state index in [2.05, 4.69) is 17.2 Å². The van der Waals surface area contributed by atoms with Gasteiger partial charge in [-0.25, -0.2) is 4.99 Å². The van der Waals surface area contributed by atoms with E-state index >= 15 is 0 Å². The predicted molar refractivity (Wildman–Crippen MR) is 88.3 cm³/mol. The third-order valence-corrected chi connectivity index (χ3v) is 3.05. The Morgan fingerprint density at radius 3 is 2.68 bits per heavy atom. The first-order valence-electron chi connectivity index (χ1n) is 7.81. The fraction of sp³-hybridized carbons (Fsp3) is 0.529. The van der Waals surface area contributed by atoms with E-state index in [1.165, 1.54) is 0 Å². The van der Waals surface area contributed by atoms with Gasteiger partial charge in [-0.05, 0) is 31.9 Å². The molecule has 22 heavy (non-hydrogen) atoms. The Bertz CT molecular complexity index is 487. The zero-order valence-corrected chi connectivity index (χ0v) is 13.7. The third-order valence-electron chi connectivity index (χ3n) is 3.05. The highest BCUT2D eigenvalue weighted by molar-refractivity contribution is 6.04. The topological polar surface area (TPSA) is 59.9 Å². The molecule has 122 valence electrons. The molecule has 1 aromatic carbocycles. The zero-order valence-electron chi connectivity index (χ0n) is 13.7. The lowest BCUT2D eigenvalue weighted by molar-refractivity contribution is 0.0921. The molecule has 0 bridgehead atoms. The number of amidine groups is 1. The molecule has 1 N–H and O–H groups in total. The second-order valence-corrected chi connectivity index (χ2v) is 4.85. The van der Waals surface area contributed by atoms with E-state index in [0.717, 1.165) is 18.4 Å². The molecule has 5 heteroatoms. The van der Waals surface area contributed by atoms with Gasteiger partial charge in [-0.2, -0.15) is 0 Å². The van der Waals surface area contributed by atoms with E-state index in [0.29, 0.717) is 31.9 Å². The normalized spacial score (nSPS) is 11.3. The summed E-state index contributed by atoms with van der Waals surface area (Å²) in [5.74, 6) is -0.204. The fourth-order valence-corrected chi connectivity index (χ4v) is 1.79. The van der Waals surface area contributed by atoms with Gasteiger partial charge in [0.25, 0.3) is 11.9 Å². The zero-order chi connectivity index (χ0) is 16.2. The first-order valence-corrected chi connectivity index (χ1v) is 7.81. The minimum absolute atomic E-state index is 0.204. The minimum Gasteiger partial charge on any atom is -0.463 e. The minimum atomic E-state index is -0.204. The lowest BCUT2D eigenvalue weighted by atomic mass is 10.1. The van der Waals surface area contributed by atoms with Gasteiger partial charge in [0.05, 0.1) is 6.61 Å². The Morgan fingerprint density at radius 2 is 2.00 bits per heavy atom. The second-order valence-electron chi connectivity index (χ2n) is 4.85. The van der Waals surface area contributed by atoms with Crippen LogP contribution in [0.25, 0.3) is 0 Å². The number of nitrogens with one attached hydrogen (secondary N) is 1. The van der Waals surface area contributed by atoms with Crippen molar-refractivity contribution in [2.24, 2.45) is 4.99 Å². The highest BCUT2D eigenvalue weighted by atomic mass is 16.5. The van der Waals surface area contributed by atoms with Gasteiger partial charge in [0, 0.05) is 18.7 Å². The number of amides is 1. The molecule has 0 fully saturated rings. The van der Waals surface area contributed by atoms with E-state index in [1.54, 1.807) is 6.07 Å². The van der Waals surface area contributed by atoms with Crippen LogP contribution >= 0.6 is 0 Å². The molecule has 0 saturated carbocycles. The average Bonchev–Trinajstić information content (AvgIpc) is 2.51. The highest BCUT2D eigenvalue weighted by Crippen LogP contribution is 2.06. The number of aliphatic imine (C=N–C) groups is 1. The largest absolute Gasteiger partial charge is 0.463 e. The molecule has 1 rings (SSSR count). The van der Waals surface area contributed by atoms with Gasteiger partial charge in [-0.1, -0.05) is 31.5 Å². The molecule has 0 atom stereocenters. The summed E-state index contributed by atoms with van der Waals surface area (Å²) < 4.78 is 10.7. The first kappa shape index (κ1) is 18.2. The van der Waals surface area contributed by atoms with Crippen LogP contribution in [-0.4, -0.2) is 38.3 Å². The van der Waals surface area contributed by atoms with Crippen LogP contribution in [0.15, 0.2) is 29.3 Å². The summed E-state index contributed by atoms with van der Waals surface area (Å²) in [7, 11) is 0. The van der Waals surface area contributed by atoms with Gasteiger partial charge in [0.1, 0.15) is 6.61 Å². The van der Waals surface area contributed by atoms with Crippen LogP contribution in [0, 0.1) is 6.92 Å². The maximum atomic E-state index is 12.3. The summed E-state index contributed by atoms with van der Waals surface area (Å²) in [6.07, 6.45) is 2.00. The number of aryl methyl sites for hydroxylation is 1. The van der Waals surface area contributed by atoms with Crippen LogP contribution in [0.2, 0.25) is 0 Å². The Morgan fingerprint density at radius 1 is 1.23 bits per heavy atom. The number of carbonyl (C=O) groups excluding carboxylic acids is 1. The average molecular weight is 306 g/mol. The number of carbonyl (C=O) groups is 1. The summed E-state index contributed by atoms with van der Waals surface area (Å²) in [6.45, 7) is 8.04. The molecule has 0 aliphatic carbocycles. The van der Waals surface area contributed by atoms with Gasteiger partial charge in [-0.3, -0.25) is 10.1 Å².